The molecule has 1 aliphatic carbocycles. The summed E-state index contributed by atoms with van der Waals surface area (Å²) in [6.07, 6.45) is -1.83. The van der Waals surface area contributed by atoms with Gasteiger partial charge in [-0.2, -0.15) is 13.2 Å². The Morgan fingerprint density at radius 3 is 2.67 bits per heavy atom. The van der Waals surface area contributed by atoms with Gasteiger partial charge in [0.25, 0.3) is 0 Å². The molecule has 2 amide bonds. The van der Waals surface area contributed by atoms with Crippen LogP contribution in [0.5, 0.6) is 0 Å². The summed E-state index contributed by atoms with van der Waals surface area (Å²) in [6.45, 7) is 8.75. The van der Waals surface area contributed by atoms with Crippen molar-refractivity contribution >= 4 is 17.8 Å². The van der Waals surface area contributed by atoms with Gasteiger partial charge in [-0.3, -0.25) is 4.79 Å². The van der Waals surface area contributed by atoms with E-state index in [1.807, 2.05) is 16.7 Å². The monoisotopic (exact) mass is 468 g/mol. The van der Waals surface area contributed by atoms with Crippen LogP contribution in [0.3, 0.4) is 0 Å². The lowest BCUT2D eigenvalue weighted by atomic mass is 9.74. The van der Waals surface area contributed by atoms with E-state index in [0.29, 0.717) is 38.9 Å². The lowest BCUT2D eigenvalue weighted by molar-refractivity contribution is -0.138. The van der Waals surface area contributed by atoms with Crippen molar-refractivity contribution in [2.75, 3.05) is 24.5 Å². The van der Waals surface area contributed by atoms with Crippen molar-refractivity contribution in [3.63, 3.8) is 0 Å². The molecule has 3 fully saturated rings. The van der Waals surface area contributed by atoms with Crippen molar-refractivity contribution in [2.45, 2.75) is 70.8 Å². The van der Waals surface area contributed by atoms with Gasteiger partial charge in [-0.05, 0) is 58.1 Å². The van der Waals surface area contributed by atoms with Gasteiger partial charge in [0.15, 0.2) is 0 Å². The molecule has 2 saturated heterocycles. The number of aromatic nitrogens is 1. The second-order valence-electron chi connectivity index (χ2n) is 10.4. The molecule has 0 radical (unpaired) electrons. The molecular weight excluding hydrogens is 437 g/mol. The predicted octanol–water partition coefficient (Wildman–Crippen LogP) is 3.83. The summed E-state index contributed by atoms with van der Waals surface area (Å²) in [5, 5.41) is 2.91. The molecule has 3 heterocycles. The minimum Gasteiger partial charge on any atom is -0.444 e. The zero-order chi connectivity index (χ0) is 24.2. The van der Waals surface area contributed by atoms with E-state index in [9.17, 15) is 22.8 Å². The molecule has 1 aromatic heterocycles. The molecular formula is C23H31F3N4O3. The SMILES string of the molecule is CC1C2CN(c3cc(C(F)(F)F)ccn3)CCN2C(=O)[C@]12CCC(NC(=O)OC(C)(C)C)C2. The summed E-state index contributed by atoms with van der Waals surface area (Å²) in [6, 6.07) is 1.78. The van der Waals surface area contributed by atoms with Gasteiger partial charge < -0.3 is 19.9 Å². The van der Waals surface area contributed by atoms with Crippen LogP contribution >= 0.6 is 0 Å². The fourth-order valence-electron chi connectivity index (χ4n) is 5.60. The van der Waals surface area contributed by atoms with Crippen molar-refractivity contribution in [1.29, 1.82) is 0 Å². The maximum atomic E-state index is 13.5. The largest absolute Gasteiger partial charge is 0.444 e. The predicted molar refractivity (Wildman–Crippen MR) is 116 cm³/mol. The first kappa shape index (κ1) is 23.6. The number of amides is 2. The van der Waals surface area contributed by atoms with Crippen LogP contribution in [0.2, 0.25) is 0 Å². The number of nitrogens with one attached hydrogen (secondary N) is 1. The molecule has 3 aliphatic rings. The molecule has 1 saturated carbocycles. The molecule has 7 nitrogen and oxygen atoms in total. The molecule has 1 spiro atoms. The third-order valence-electron chi connectivity index (χ3n) is 7.22. The first-order valence-electron chi connectivity index (χ1n) is 11.4. The zero-order valence-corrected chi connectivity index (χ0v) is 19.4. The highest BCUT2D eigenvalue weighted by molar-refractivity contribution is 5.87. The molecule has 0 bridgehead atoms. The third-order valence-corrected chi connectivity index (χ3v) is 7.22. The Morgan fingerprint density at radius 2 is 2.00 bits per heavy atom. The molecule has 10 heteroatoms. The number of rotatable bonds is 2. The van der Waals surface area contributed by atoms with Gasteiger partial charge in [-0.25, -0.2) is 9.78 Å². The molecule has 3 unspecified atom stereocenters. The molecule has 4 rings (SSSR count). The second kappa shape index (κ2) is 8.06. The topological polar surface area (TPSA) is 74.8 Å². The average Bonchev–Trinajstić information content (AvgIpc) is 3.22. The molecule has 0 aromatic carbocycles. The number of ether oxygens (including phenoxy) is 1. The molecule has 33 heavy (non-hydrogen) atoms. The van der Waals surface area contributed by atoms with Crippen molar-refractivity contribution in [3.8, 4) is 0 Å². The summed E-state index contributed by atoms with van der Waals surface area (Å²) in [4.78, 5) is 33.5. The normalized spacial score (nSPS) is 30.0. The summed E-state index contributed by atoms with van der Waals surface area (Å²) < 4.78 is 44.8. The van der Waals surface area contributed by atoms with Gasteiger partial charge in [-0.15, -0.1) is 0 Å². The zero-order valence-electron chi connectivity index (χ0n) is 19.4. The lowest BCUT2D eigenvalue weighted by Crippen LogP contribution is -2.53. The Bertz CT molecular complexity index is 932. The minimum atomic E-state index is -4.43. The van der Waals surface area contributed by atoms with Crippen LogP contribution < -0.4 is 10.2 Å². The van der Waals surface area contributed by atoms with Gasteiger partial charge in [0, 0.05) is 31.9 Å². The molecule has 1 aromatic rings. The number of alkyl carbamates (subject to hydrolysis) is 1. The Labute approximate surface area is 191 Å². The fraction of sp³-hybridized carbons (Fsp3) is 0.696. The van der Waals surface area contributed by atoms with Crippen LogP contribution in [-0.4, -0.2) is 59.2 Å². The summed E-state index contributed by atoms with van der Waals surface area (Å²) >= 11 is 0. The highest BCUT2D eigenvalue weighted by Gasteiger charge is 2.60. The Balaban J connectivity index is 1.46. The van der Waals surface area contributed by atoms with Crippen LogP contribution in [0.25, 0.3) is 0 Å². The maximum absolute atomic E-state index is 13.5. The smallest absolute Gasteiger partial charge is 0.416 e. The third kappa shape index (κ3) is 4.48. The van der Waals surface area contributed by atoms with E-state index < -0.39 is 28.8 Å². The summed E-state index contributed by atoms with van der Waals surface area (Å²) in [7, 11) is 0. The Kier molecular flexibility index (Phi) is 5.77. The van der Waals surface area contributed by atoms with Crippen LogP contribution in [0.1, 0.15) is 52.5 Å². The van der Waals surface area contributed by atoms with E-state index in [4.69, 9.17) is 4.74 Å². The number of hydrogen-bond acceptors (Lipinski definition) is 5. The number of fused-ring (bicyclic) bond motifs is 1. The molecule has 4 atom stereocenters. The van der Waals surface area contributed by atoms with Crippen LogP contribution in [0.4, 0.5) is 23.8 Å². The van der Waals surface area contributed by atoms with Crippen LogP contribution in [-0.2, 0) is 15.7 Å². The van der Waals surface area contributed by atoms with Gasteiger partial charge in [-0.1, -0.05) is 6.92 Å². The second-order valence-corrected chi connectivity index (χ2v) is 10.4. The Morgan fingerprint density at radius 1 is 1.27 bits per heavy atom. The number of hydrogen-bond donors (Lipinski definition) is 1. The van der Waals surface area contributed by atoms with E-state index >= 15 is 0 Å². The number of carbonyl (C=O) groups is 2. The number of piperazine rings is 1. The molecule has 2 aliphatic heterocycles. The first-order chi connectivity index (χ1) is 15.3. The first-order valence-corrected chi connectivity index (χ1v) is 11.4. The van der Waals surface area contributed by atoms with E-state index in [1.54, 1.807) is 20.8 Å². The van der Waals surface area contributed by atoms with Crippen molar-refractivity contribution in [1.82, 2.24) is 15.2 Å². The minimum absolute atomic E-state index is 0.00374. The van der Waals surface area contributed by atoms with Gasteiger partial charge in [0.2, 0.25) is 5.91 Å². The van der Waals surface area contributed by atoms with E-state index in [-0.39, 0.29) is 29.7 Å². The standard InChI is InChI=1S/C23H31F3N4O3/c1-14-17-13-29(18-11-15(6-8-27-18)23(24,25)26)9-10-30(17)19(31)22(14)7-5-16(12-22)28-20(32)33-21(2,3)4/h6,8,11,14,16-17H,5,7,9-10,12-13H2,1-4H3,(H,28,32)/t14?,16?,17?,22-/m0/s1. The van der Waals surface area contributed by atoms with Gasteiger partial charge in [0.05, 0.1) is 17.0 Å². The van der Waals surface area contributed by atoms with Crippen LogP contribution in [0.15, 0.2) is 18.3 Å². The number of nitrogens with zero attached hydrogens (tertiary/aromatic N) is 3. The fourth-order valence-corrected chi connectivity index (χ4v) is 5.60. The van der Waals surface area contributed by atoms with E-state index in [0.717, 1.165) is 12.1 Å². The number of anilines is 1. The highest BCUT2D eigenvalue weighted by atomic mass is 19.4. The van der Waals surface area contributed by atoms with E-state index in [1.165, 1.54) is 6.20 Å². The van der Waals surface area contributed by atoms with Crippen LogP contribution in [0, 0.1) is 11.3 Å². The molecule has 182 valence electrons. The van der Waals surface area contributed by atoms with Gasteiger partial charge >= 0.3 is 12.3 Å². The van der Waals surface area contributed by atoms with Gasteiger partial charge in [0.1, 0.15) is 11.4 Å². The number of pyridine rings is 1. The number of halogens is 3. The lowest BCUT2D eigenvalue weighted by Gasteiger charge is -2.39. The number of carbonyl (C=O) groups excluding carboxylic acids is 2. The Hall–Kier alpha value is -2.52. The maximum Gasteiger partial charge on any atom is 0.416 e. The number of alkyl halides is 3. The van der Waals surface area contributed by atoms with Crippen molar-refractivity contribution in [2.24, 2.45) is 11.3 Å². The van der Waals surface area contributed by atoms with Crippen molar-refractivity contribution in [3.05, 3.63) is 23.9 Å². The van der Waals surface area contributed by atoms with Crippen molar-refractivity contribution < 1.29 is 27.5 Å². The summed E-state index contributed by atoms with van der Waals surface area (Å²) in [5.41, 5.74) is -1.89. The summed E-state index contributed by atoms with van der Waals surface area (Å²) in [5.74, 6) is 0.371. The van der Waals surface area contributed by atoms with E-state index in [2.05, 4.69) is 10.3 Å². The molecule has 1 N–H and O–H groups in total. The highest BCUT2D eigenvalue weighted by Crippen LogP contribution is 2.53. The quantitative estimate of drug-likeness (QED) is 0.714. The average molecular weight is 469 g/mol.